The number of carbonyl (C=O) groups excluding carboxylic acids is 1. The quantitative estimate of drug-likeness (QED) is 0.387. The van der Waals surface area contributed by atoms with E-state index in [4.69, 9.17) is 4.74 Å². The minimum absolute atomic E-state index is 0.0116. The zero-order chi connectivity index (χ0) is 25.4. The van der Waals surface area contributed by atoms with Gasteiger partial charge in [-0.15, -0.1) is 0 Å². The van der Waals surface area contributed by atoms with Gasteiger partial charge in [-0.3, -0.25) is 14.0 Å². The van der Waals surface area contributed by atoms with Crippen molar-refractivity contribution in [3.05, 3.63) is 82.4 Å². The summed E-state index contributed by atoms with van der Waals surface area (Å²) in [6.07, 6.45) is 4.15. The third kappa shape index (κ3) is 4.70. The number of likely N-dealkylation sites (tertiary alicyclic amines) is 1. The summed E-state index contributed by atoms with van der Waals surface area (Å²) < 4.78 is 11.0. The van der Waals surface area contributed by atoms with Crippen molar-refractivity contribution in [1.82, 2.24) is 28.6 Å². The number of aromatic nitrogens is 5. The van der Waals surface area contributed by atoms with Crippen LogP contribution in [0.25, 0.3) is 11.2 Å². The molecular formula is C27H32N6O3. The standard InChI is InChI=1S/C27H32N6O3/c1-27(2,3)36-25(34)22-15-29-23(30(22)4)18-31-14-12-20(17-31)33-24-21(11-8-13-28-24)32(26(33)35)16-19-9-6-5-7-10-19/h5-11,13,15,20H,12,14,16-18H2,1-4H3/t20-/m0/s1. The highest BCUT2D eigenvalue weighted by atomic mass is 16.6. The molecular weight excluding hydrogens is 456 g/mol. The lowest BCUT2D eigenvalue weighted by Crippen LogP contribution is -2.30. The fourth-order valence-corrected chi connectivity index (χ4v) is 4.84. The summed E-state index contributed by atoms with van der Waals surface area (Å²) in [4.78, 5) is 37.4. The van der Waals surface area contributed by atoms with Crippen LogP contribution in [0, 0.1) is 0 Å². The summed E-state index contributed by atoms with van der Waals surface area (Å²) in [7, 11) is 1.83. The van der Waals surface area contributed by atoms with E-state index in [-0.39, 0.29) is 17.7 Å². The maximum Gasteiger partial charge on any atom is 0.357 e. The van der Waals surface area contributed by atoms with Crippen LogP contribution in [0.4, 0.5) is 0 Å². The molecule has 0 radical (unpaired) electrons. The summed E-state index contributed by atoms with van der Waals surface area (Å²) in [5.41, 5.74) is 2.46. The van der Waals surface area contributed by atoms with Crippen LogP contribution in [0.2, 0.25) is 0 Å². The van der Waals surface area contributed by atoms with Crippen LogP contribution in [0.5, 0.6) is 0 Å². The van der Waals surface area contributed by atoms with Crippen LogP contribution in [-0.4, -0.2) is 53.2 Å². The van der Waals surface area contributed by atoms with Crippen LogP contribution >= 0.6 is 0 Å². The molecule has 0 bridgehead atoms. The Labute approximate surface area is 210 Å². The predicted molar refractivity (Wildman–Crippen MR) is 137 cm³/mol. The first-order chi connectivity index (χ1) is 17.2. The molecule has 5 rings (SSSR count). The fraction of sp³-hybridized carbons (Fsp3) is 0.407. The van der Waals surface area contributed by atoms with Gasteiger partial charge in [0.25, 0.3) is 0 Å². The number of ether oxygens (including phenoxy) is 1. The van der Waals surface area contributed by atoms with Crippen LogP contribution < -0.4 is 5.69 Å². The van der Waals surface area contributed by atoms with Gasteiger partial charge in [-0.05, 0) is 44.9 Å². The normalized spacial score (nSPS) is 16.6. The SMILES string of the molecule is Cn1c(C(=O)OC(C)(C)C)cnc1CN1CC[C@H](n2c(=O)n(Cc3ccccc3)c3cccnc32)C1. The minimum Gasteiger partial charge on any atom is -0.455 e. The fourth-order valence-electron chi connectivity index (χ4n) is 4.84. The first-order valence-electron chi connectivity index (χ1n) is 12.3. The molecule has 4 heterocycles. The van der Waals surface area contributed by atoms with E-state index in [2.05, 4.69) is 14.9 Å². The van der Waals surface area contributed by atoms with Gasteiger partial charge in [0.2, 0.25) is 0 Å². The van der Waals surface area contributed by atoms with Gasteiger partial charge in [0, 0.05) is 26.3 Å². The van der Waals surface area contributed by atoms with E-state index in [0.717, 1.165) is 35.5 Å². The number of benzene rings is 1. The summed E-state index contributed by atoms with van der Waals surface area (Å²) in [5.74, 6) is 0.403. The Morgan fingerprint density at radius 3 is 2.61 bits per heavy atom. The Balaban J connectivity index is 1.36. The average Bonchev–Trinajstić information content (AvgIpc) is 3.51. The lowest BCUT2D eigenvalue weighted by molar-refractivity contribution is 0.00584. The van der Waals surface area contributed by atoms with Crippen LogP contribution in [0.1, 0.15) is 55.1 Å². The average molecular weight is 489 g/mol. The van der Waals surface area contributed by atoms with Crippen molar-refractivity contribution in [2.45, 2.75) is 51.9 Å². The first-order valence-corrected chi connectivity index (χ1v) is 12.3. The number of fused-ring (bicyclic) bond motifs is 1. The van der Waals surface area contributed by atoms with Crippen LogP contribution in [0.15, 0.2) is 59.7 Å². The Morgan fingerprint density at radius 1 is 1.08 bits per heavy atom. The molecule has 1 saturated heterocycles. The number of hydrogen-bond donors (Lipinski definition) is 0. The highest BCUT2D eigenvalue weighted by Gasteiger charge is 2.30. The second-order valence-electron chi connectivity index (χ2n) is 10.4. The van der Waals surface area contributed by atoms with Gasteiger partial charge < -0.3 is 9.30 Å². The highest BCUT2D eigenvalue weighted by Crippen LogP contribution is 2.26. The van der Waals surface area contributed by atoms with Gasteiger partial charge in [-0.2, -0.15) is 0 Å². The largest absolute Gasteiger partial charge is 0.455 e. The Morgan fingerprint density at radius 2 is 1.86 bits per heavy atom. The molecule has 0 saturated carbocycles. The smallest absolute Gasteiger partial charge is 0.357 e. The number of nitrogens with zero attached hydrogens (tertiary/aromatic N) is 6. The van der Waals surface area contributed by atoms with E-state index in [1.807, 2.05) is 79.4 Å². The number of imidazole rings is 2. The van der Waals surface area contributed by atoms with Gasteiger partial charge in [0.15, 0.2) is 5.65 Å². The molecule has 188 valence electrons. The highest BCUT2D eigenvalue weighted by molar-refractivity contribution is 5.87. The number of carbonyl (C=O) groups is 1. The molecule has 1 fully saturated rings. The van der Waals surface area contributed by atoms with Gasteiger partial charge in [-0.1, -0.05) is 30.3 Å². The second kappa shape index (κ2) is 9.39. The number of rotatable bonds is 6. The van der Waals surface area contributed by atoms with Crippen LogP contribution in [-0.2, 0) is 24.9 Å². The molecule has 0 aliphatic carbocycles. The summed E-state index contributed by atoms with van der Waals surface area (Å²) in [5, 5.41) is 0. The monoisotopic (exact) mass is 488 g/mol. The van der Waals surface area contributed by atoms with Crippen LogP contribution in [0.3, 0.4) is 0 Å². The van der Waals surface area contributed by atoms with Crippen molar-refractivity contribution >= 4 is 17.1 Å². The molecule has 1 aliphatic rings. The van der Waals surface area contributed by atoms with Crippen molar-refractivity contribution in [1.29, 1.82) is 0 Å². The molecule has 1 aliphatic heterocycles. The Kier molecular flexibility index (Phi) is 6.26. The maximum atomic E-state index is 13.6. The molecule has 0 amide bonds. The van der Waals surface area contributed by atoms with E-state index >= 15 is 0 Å². The molecule has 1 aromatic carbocycles. The van der Waals surface area contributed by atoms with Gasteiger partial charge in [0.1, 0.15) is 17.1 Å². The second-order valence-corrected chi connectivity index (χ2v) is 10.4. The van der Waals surface area contributed by atoms with Crippen molar-refractivity contribution < 1.29 is 9.53 Å². The summed E-state index contributed by atoms with van der Waals surface area (Å²) in [6, 6.07) is 13.8. The maximum absolute atomic E-state index is 13.6. The predicted octanol–water partition coefficient (Wildman–Crippen LogP) is 3.38. The molecule has 1 atom stereocenters. The zero-order valence-corrected chi connectivity index (χ0v) is 21.2. The third-order valence-corrected chi connectivity index (χ3v) is 6.58. The lowest BCUT2D eigenvalue weighted by Gasteiger charge is -2.20. The van der Waals surface area contributed by atoms with E-state index in [0.29, 0.717) is 25.3 Å². The Bertz CT molecular complexity index is 1440. The van der Waals surface area contributed by atoms with Gasteiger partial charge in [-0.25, -0.2) is 19.6 Å². The summed E-state index contributed by atoms with van der Waals surface area (Å²) >= 11 is 0. The van der Waals surface area contributed by atoms with Crippen molar-refractivity contribution in [3.63, 3.8) is 0 Å². The number of esters is 1. The van der Waals surface area contributed by atoms with E-state index < -0.39 is 5.60 Å². The van der Waals surface area contributed by atoms with E-state index in [1.54, 1.807) is 17.0 Å². The zero-order valence-electron chi connectivity index (χ0n) is 21.2. The summed E-state index contributed by atoms with van der Waals surface area (Å²) in [6.45, 7) is 8.16. The molecule has 0 N–H and O–H groups in total. The molecule has 0 spiro atoms. The first kappa shape index (κ1) is 24.0. The topological polar surface area (TPSA) is 87.2 Å². The van der Waals surface area contributed by atoms with Crippen molar-refractivity contribution in [2.24, 2.45) is 7.05 Å². The minimum atomic E-state index is -0.565. The number of pyridine rings is 1. The number of hydrogen-bond acceptors (Lipinski definition) is 6. The van der Waals surface area contributed by atoms with E-state index in [1.165, 1.54) is 0 Å². The van der Waals surface area contributed by atoms with Gasteiger partial charge >= 0.3 is 11.7 Å². The lowest BCUT2D eigenvalue weighted by atomic mass is 10.2. The third-order valence-electron chi connectivity index (χ3n) is 6.58. The molecule has 9 nitrogen and oxygen atoms in total. The Hall–Kier alpha value is -3.72. The molecule has 0 unspecified atom stereocenters. The molecule has 36 heavy (non-hydrogen) atoms. The molecule has 4 aromatic rings. The van der Waals surface area contributed by atoms with Gasteiger partial charge in [0.05, 0.1) is 30.8 Å². The molecule has 3 aromatic heterocycles. The van der Waals surface area contributed by atoms with Crippen molar-refractivity contribution in [2.75, 3.05) is 13.1 Å². The van der Waals surface area contributed by atoms with Crippen molar-refractivity contribution in [3.8, 4) is 0 Å². The van der Waals surface area contributed by atoms with E-state index in [9.17, 15) is 9.59 Å². The molecule has 9 heteroatoms.